The topological polar surface area (TPSA) is 62.4 Å². The molecule has 1 aromatic heterocycles. The number of amides is 2. The average molecular weight is 461 g/mol. The molecule has 1 aromatic carbocycles. The van der Waals surface area contributed by atoms with Crippen molar-refractivity contribution in [3.63, 3.8) is 0 Å². The predicted molar refractivity (Wildman–Crippen MR) is 130 cm³/mol. The third-order valence-electron chi connectivity index (χ3n) is 6.67. The van der Waals surface area contributed by atoms with Gasteiger partial charge in [0, 0.05) is 28.9 Å². The van der Waals surface area contributed by atoms with Gasteiger partial charge in [0.25, 0.3) is 0 Å². The molecule has 0 radical (unpaired) electrons. The number of halogens is 1. The van der Waals surface area contributed by atoms with E-state index in [0.29, 0.717) is 6.42 Å². The molecule has 2 amide bonds. The number of hydrogen-bond acceptors (Lipinski definition) is 3. The van der Waals surface area contributed by atoms with E-state index in [1.54, 1.807) is 0 Å². The van der Waals surface area contributed by atoms with Crippen molar-refractivity contribution in [1.82, 2.24) is 9.88 Å². The smallest absolute Gasteiger partial charge is 0.417 e. The SMILES string of the molecule is CCCCC1(CCCC)OC(=O)N(C(=O)C[C@@H](Cl)CCC)[C@H]1Cc1c[nH]c2ccccc12. The molecule has 176 valence electrons. The second kappa shape index (κ2) is 11.2. The van der Waals surface area contributed by atoms with Crippen LogP contribution in [-0.4, -0.2) is 38.9 Å². The van der Waals surface area contributed by atoms with Crippen LogP contribution in [0.3, 0.4) is 0 Å². The van der Waals surface area contributed by atoms with Gasteiger partial charge in [0.1, 0.15) is 5.60 Å². The number of nitrogens with one attached hydrogen (secondary N) is 1. The summed E-state index contributed by atoms with van der Waals surface area (Å²) in [6, 6.07) is 7.82. The second-order valence-electron chi connectivity index (χ2n) is 9.07. The molecule has 1 aliphatic heterocycles. The molecule has 2 atom stereocenters. The van der Waals surface area contributed by atoms with Gasteiger partial charge < -0.3 is 9.72 Å². The Balaban J connectivity index is 1.98. The highest BCUT2D eigenvalue weighted by molar-refractivity contribution is 6.22. The molecule has 0 unspecified atom stereocenters. The Kier molecular flexibility index (Phi) is 8.64. The largest absolute Gasteiger partial charge is 0.440 e. The second-order valence-corrected chi connectivity index (χ2v) is 9.69. The maximum absolute atomic E-state index is 13.3. The number of para-hydroxylation sites is 1. The summed E-state index contributed by atoms with van der Waals surface area (Å²) in [5.41, 5.74) is 1.51. The van der Waals surface area contributed by atoms with Gasteiger partial charge in [0.2, 0.25) is 5.91 Å². The van der Waals surface area contributed by atoms with Gasteiger partial charge in [-0.3, -0.25) is 4.79 Å². The normalized spacial score (nSPS) is 18.8. The van der Waals surface area contributed by atoms with Crippen molar-refractivity contribution < 1.29 is 14.3 Å². The summed E-state index contributed by atoms with van der Waals surface area (Å²) in [6.07, 6.45) is 9.36. The Bertz CT molecular complexity index is 901. The summed E-state index contributed by atoms with van der Waals surface area (Å²) >= 11 is 6.40. The fourth-order valence-corrected chi connectivity index (χ4v) is 5.28. The number of fused-ring (bicyclic) bond motifs is 1. The summed E-state index contributed by atoms with van der Waals surface area (Å²) < 4.78 is 6.11. The number of benzene rings is 1. The van der Waals surface area contributed by atoms with Crippen LogP contribution in [0.15, 0.2) is 30.5 Å². The zero-order valence-corrected chi connectivity index (χ0v) is 20.4. The number of cyclic esters (lactones) is 1. The van der Waals surface area contributed by atoms with E-state index in [0.717, 1.165) is 67.8 Å². The van der Waals surface area contributed by atoms with E-state index in [2.05, 4.69) is 24.9 Å². The molecule has 0 bridgehead atoms. The molecular formula is C26H37ClN2O3. The Hall–Kier alpha value is -2.01. The van der Waals surface area contributed by atoms with Crippen LogP contribution < -0.4 is 0 Å². The number of alkyl halides is 1. The fraction of sp³-hybridized carbons (Fsp3) is 0.615. The molecule has 32 heavy (non-hydrogen) atoms. The summed E-state index contributed by atoms with van der Waals surface area (Å²) in [7, 11) is 0. The zero-order valence-electron chi connectivity index (χ0n) is 19.7. The first-order valence-electron chi connectivity index (χ1n) is 12.2. The van der Waals surface area contributed by atoms with Crippen LogP contribution in [0.4, 0.5) is 4.79 Å². The predicted octanol–water partition coefficient (Wildman–Crippen LogP) is 6.97. The summed E-state index contributed by atoms with van der Waals surface area (Å²) in [4.78, 5) is 31.2. The van der Waals surface area contributed by atoms with Gasteiger partial charge in [-0.1, -0.05) is 58.2 Å². The number of carbonyl (C=O) groups excluding carboxylic acids is 2. The molecule has 1 saturated heterocycles. The van der Waals surface area contributed by atoms with Crippen molar-refractivity contribution in [3.05, 3.63) is 36.0 Å². The van der Waals surface area contributed by atoms with Gasteiger partial charge in [-0.2, -0.15) is 0 Å². The highest BCUT2D eigenvalue weighted by atomic mass is 35.5. The monoisotopic (exact) mass is 460 g/mol. The third-order valence-corrected chi connectivity index (χ3v) is 7.04. The molecule has 0 saturated carbocycles. The van der Waals surface area contributed by atoms with Gasteiger partial charge in [0.15, 0.2) is 0 Å². The van der Waals surface area contributed by atoms with Crippen LogP contribution in [0.1, 0.15) is 84.1 Å². The fourth-order valence-electron chi connectivity index (χ4n) is 4.93. The number of H-pyrrole nitrogens is 1. The molecule has 6 heteroatoms. The minimum absolute atomic E-state index is 0.159. The van der Waals surface area contributed by atoms with Crippen LogP contribution in [0, 0.1) is 0 Å². The Morgan fingerprint density at radius 2 is 1.84 bits per heavy atom. The number of imide groups is 1. The molecule has 3 rings (SSSR count). The van der Waals surface area contributed by atoms with Gasteiger partial charge in [0.05, 0.1) is 6.04 Å². The number of aromatic nitrogens is 1. The first-order chi connectivity index (χ1) is 15.5. The van der Waals surface area contributed by atoms with Crippen LogP contribution in [-0.2, 0) is 16.0 Å². The minimum Gasteiger partial charge on any atom is -0.440 e. The molecule has 0 aliphatic carbocycles. The number of carbonyl (C=O) groups is 2. The first-order valence-corrected chi connectivity index (χ1v) is 12.6. The molecule has 5 nitrogen and oxygen atoms in total. The van der Waals surface area contributed by atoms with Crippen molar-refractivity contribution in [2.75, 3.05) is 0 Å². The highest BCUT2D eigenvalue weighted by Gasteiger charge is 2.55. The van der Waals surface area contributed by atoms with Gasteiger partial charge in [-0.15, -0.1) is 11.6 Å². The van der Waals surface area contributed by atoms with Crippen molar-refractivity contribution in [2.24, 2.45) is 0 Å². The molecule has 2 aromatic rings. The van der Waals surface area contributed by atoms with Crippen LogP contribution in [0.2, 0.25) is 0 Å². The first kappa shape index (κ1) is 24.6. The number of hydrogen-bond donors (Lipinski definition) is 1. The Labute approximate surface area is 196 Å². The van der Waals surface area contributed by atoms with E-state index in [9.17, 15) is 9.59 Å². The number of ether oxygens (including phenoxy) is 1. The molecule has 0 spiro atoms. The average Bonchev–Trinajstić information content (AvgIpc) is 3.30. The van der Waals surface area contributed by atoms with Gasteiger partial charge in [-0.25, -0.2) is 9.69 Å². The number of nitrogens with zero attached hydrogens (tertiary/aromatic N) is 1. The Morgan fingerprint density at radius 3 is 2.50 bits per heavy atom. The molecular weight excluding hydrogens is 424 g/mol. The van der Waals surface area contributed by atoms with Crippen molar-refractivity contribution in [1.29, 1.82) is 0 Å². The van der Waals surface area contributed by atoms with E-state index in [1.807, 2.05) is 31.3 Å². The van der Waals surface area contributed by atoms with Crippen LogP contribution in [0.5, 0.6) is 0 Å². The molecule has 2 heterocycles. The molecule has 1 N–H and O–H groups in total. The third kappa shape index (κ3) is 5.31. The van der Waals surface area contributed by atoms with Crippen molar-refractivity contribution in [2.45, 2.75) is 102 Å². The van der Waals surface area contributed by atoms with E-state index in [1.165, 1.54) is 4.90 Å². The zero-order chi connectivity index (χ0) is 23.1. The number of aromatic amines is 1. The number of unbranched alkanes of at least 4 members (excludes halogenated alkanes) is 2. The standard InChI is InChI=1S/C26H37ClN2O3/c1-4-7-14-26(15-8-5-2)23(16-19-18-28-22-13-10-9-12-21(19)22)29(25(31)32-26)24(30)17-20(27)11-6-3/h9-10,12-13,18,20,23,28H,4-8,11,14-17H2,1-3H3/t20-,23-/m0/s1. The lowest BCUT2D eigenvalue weighted by Crippen LogP contribution is -2.49. The lowest BCUT2D eigenvalue weighted by atomic mass is 9.80. The quantitative estimate of drug-likeness (QED) is 0.347. The Morgan fingerprint density at radius 1 is 1.16 bits per heavy atom. The van der Waals surface area contributed by atoms with E-state index >= 15 is 0 Å². The minimum atomic E-state index is -0.649. The summed E-state index contributed by atoms with van der Waals surface area (Å²) in [6.45, 7) is 6.33. The van der Waals surface area contributed by atoms with E-state index in [4.69, 9.17) is 16.3 Å². The van der Waals surface area contributed by atoms with Crippen LogP contribution >= 0.6 is 11.6 Å². The summed E-state index contributed by atoms with van der Waals surface area (Å²) in [5.74, 6) is -0.219. The highest BCUT2D eigenvalue weighted by Crippen LogP contribution is 2.41. The maximum atomic E-state index is 13.3. The van der Waals surface area contributed by atoms with Gasteiger partial charge in [-0.05, 0) is 50.2 Å². The van der Waals surface area contributed by atoms with Gasteiger partial charge >= 0.3 is 6.09 Å². The lowest BCUT2D eigenvalue weighted by Gasteiger charge is -2.35. The summed E-state index contributed by atoms with van der Waals surface area (Å²) in [5, 5.41) is 0.857. The lowest BCUT2D eigenvalue weighted by molar-refractivity contribution is -0.130. The van der Waals surface area contributed by atoms with Crippen molar-refractivity contribution >= 4 is 34.5 Å². The molecule has 1 aliphatic rings. The van der Waals surface area contributed by atoms with E-state index < -0.39 is 11.7 Å². The number of rotatable bonds is 12. The van der Waals surface area contributed by atoms with Crippen molar-refractivity contribution in [3.8, 4) is 0 Å². The van der Waals surface area contributed by atoms with E-state index in [-0.39, 0.29) is 23.7 Å². The maximum Gasteiger partial charge on any atom is 0.417 e. The molecule has 1 fully saturated rings. The van der Waals surface area contributed by atoms with Crippen LogP contribution in [0.25, 0.3) is 10.9 Å².